The van der Waals surface area contributed by atoms with Gasteiger partial charge in [0.1, 0.15) is 17.7 Å². The fraction of sp³-hybridized carbons (Fsp3) is 0.429. The normalized spacial score (nSPS) is 19.0. The Hall–Kier alpha value is -2.15. The molecule has 6 nitrogen and oxygen atoms in total. The van der Waals surface area contributed by atoms with E-state index in [1.165, 1.54) is 24.3 Å². The number of carboxylic acids is 1. The van der Waals surface area contributed by atoms with Crippen molar-refractivity contribution in [3.8, 4) is 5.75 Å². The van der Waals surface area contributed by atoms with Crippen LogP contribution in [0.1, 0.15) is 12.8 Å². The van der Waals surface area contributed by atoms with Gasteiger partial charge in [-0.2, -0.15) is 0 Å². The summed E-state index contributed by atoms with van der Waals surface area (Å²) in [7, 11) is 0. The van der Waals surface area contributed by atoms with Gasteiger partial charge in [0.25, 0.3) is 0 Å². The standard InChI is InChI=1S/C14H16FNO5/c15-9-3-5-10(6-4-9)21-12(14(18)19)8-16-13(17)11-2-1-7-20-11/h3-6,11-12H,1-2,7-8H2,(H,16,17)(H,18,19). The minimum atomic E-state index is -1.25. The quantitative estimate of drug-likeness (QED) is 0.816. The van der Waals surface area contributed by atoms with E-state index in [0.717, 1.165) is 6.42 Å². The molecule has 114 valence electrons. The third-order valence-electron chi connectivity index (χ3n) is 3.05. The molecule has 2 atom stereocenters. The predicted octanol–water partition coefficient (Wildman–Crippen LogP) is 0.953. The Labute approximate surface area is 120 Å². The molecule has 1 aliphatic heterocycles. The van der Waals surface area contributed by atoms with Crippen molar-refractivity contribution in [3.05, 3.63) is 30.1 Å². The molecule has 1 aromatic carbocycles. The van der Waals surface area contributed by atoms with Gasteiger partial charge in [0.05, 0.1) is 6.54 Å². The molecule has 0 radical (unpaired) electrons. The second-order valence-corrected chi connectivity index (χ2v) is 4.65. The summed E-state index contributed by atoms with van der Waals surface area (Å²) in [6.07, 6.45) is -0.333. The van der Waals surface area contributed by atoms with Gasteiger partial charge in [0.2, 0.25) is 12.0 Å². The molecule has 2 N–H and O–H groups in total. The van der Waals surface area contributed by atoms with Gasteiger partial charge in [-0.05, 0) is 37.1 Å². The van der Waals surface area contributed by atoms with E-state index >= 15 is 0 Å². The summed E-state index contributed by atoms with van der Waals surface area (Å²) >= 11 is 0. The Morgan fingerprint density at radius 1 is 1.43 bits per heavy atom. The first kappa shape index (κ1) is 15.2. The number of carboxylic acid groups (broad SMARTS) is 1. The molecular weight excluding hydrogens is 281 g/mol. The molecule has 1 amide bonds. The van der Waals surface area contributed by atoms with Crippen molar-refractivity contribution < 1.29 is 28.6 Å². The molecule has 1 saturated heterocycles. The van der Waals surface area contributed by atoms with Crippen LogP contribution in [0.4, 0.5) is 4.39 Å². The maximum absolute atomic E-state index is 12.8. The highest BCUT2D eigenvalue weighted by Gasteiger charge is 2.26. The van der Waals surface area contributed by atoms with Crippen molar-refractivity contribution in [1.29, 1.82) is 0 Å². The van der Waals surface area contributed by atoms with Crippen LogP contribution in [0.5, 0.6) is 5.75 Å². The summed E-state index contributed by atoms with van der Waals surface area (Å²) in [6, 6.07) is 4.98. The number of rotatable bonds is 6. The molecule has 0 bridgehead atoms. The number of nitrogens with one attached hydrogen (secondary N) is 1. The molecule has 1 aliphatic rings. The van der Waals surface area contributed by atoms with Gasteiger partial charge >= 0.3 is 5.97 Å². The Balaban J connectivity index is 1.88. The van der Waals surface area contributed by atoms with Gasteiger partial charge in [-0.1, -0.05) is 0 Å². The van der Waals surface area contributed by atoms with Gasteiger partial charge < -0.3 is 19.9 Å². The van der Waals surface area contributed by atoms with E-state index in [1.54, 1.807) is 0 Å². The highest BCUT2D eigenvalue weighted by molar-refractivity contribution is 5.82. The van der Waals surface area contributed by atoms with Gasteiger partial charge in [-0.25, -0.2) is 9.18 Å². The van der Waals surface area contributed by atoms with Crippen LogP contribution >= 0.6 is 0 Å². The van der Waals surface area contributed by atoms with Gasteiger partial charge in [-0.15, -0.1) is 0 Å². The number of benzene rings is 1. The smallest absolute Gasteiger partial charge is 0.346 e. The largest absolute Gasteiger partial charge is 0.478 e. The molecule has 2 unspecified atom stereocenters. The van der Waals surface area contributed by atoms with Gasteiger partial charge in [0.15, 0.2) is 0 Å². The van der Waals surface area contributed by atoms with Crippen molar-refractivity contribution in [2.24, 2.45) is 0 Å². The van der Waals surface area contributed by atoms with Crippen molar-refractivity contribution in [3.63, 3.8) is 0 Å². The average Bonchev–Trinajstić information content (AvgIpc) is 2.99. The number of aliphatic carboxylic acids is 1. The summed E-state index contributed by atoms with van der Waals surface area (Å²) in [4.78, 5) is 22.9. The predicted molar refractivity (Wildman–Crippen MR) is 70.4 cm³/mol. The lowest BCUT2D eigenvalue weighted by molar-refractivity contribution is -0.145. The van der Waals surface area contributed by atoms with E-state index < -0.39 is 24.0 Å². The number of carbonyl (C=O) groups is 2. The van der Waals surface area contributed by atoms with E-state index in [2.05, 4.69) is 5.32 Å². The minimum Gasteiger partial charge on any atom is -0.478 e. The minimum absolute atomic E-state index is 0.189. The molecule has 0 saturated carbocycles. The van der Waals surface area contributed by atoms with Crippen LogP contribution in [0.25, 0.3) is 0 Å². The van der Waals surface area contributed by atoms with Gasteiger partial charge in [0, 0.05) is 6.61 Å². The van der Waals surface area contributed by atoms with Crippen LogP contribution in [0.3, 0.4) is 0 Å². The summed E-state index contributed by atoms with van der Waals surface area (Å²) in [5, 5.41) is 11.6. The summed E-state index contributed by atoms with van der Waals surface area (Å²) in [6.45, 7) is 0.345. The maximum atomic E-state index is 12.8. The number of hydrogen-bond donors (Lipinski definition) is 2. The van der Waals surface area contributed by atoms with E-state index in [1.807, 2.05) is 0 Å². The molecule has 0 aliphatic carbocycles. The topological polar surface area (TPSA) is 84.9 Å². The first-order valence-electron chi connectivity index (χ1n) is 6.60. The van der Waals surface area contributed by atoms with Crippen LogP contribution < -0.4 is 10.1 Å². The lowest BCUT2D eigenvalue weighted by Gasteiger charge is -2.17. The van der Waals surface area contributed by atoms with E-state index in [0.29, 0.717) is 13.0 Å². The van der Waals surface area contributed by atoms with E-state index in [-0.39, 0.29) is 18.2 Å². The number of halogens is 1. The highest BCUT2D eigenvalue weighted by Crippen LogP contribution is 2.14. The molecule has 2 rings (SSSR count). The monoisotopic (exact) mass is 297 g/mol. The fourth-order valence-corrected chi connectivity index (χ4v) is 1.95. The molecular formula is C14H16FNO5. The van der Waals surface area contributed by atoms with Crippen LogP contribution in [-0.4, -0.2) is 42.3 Å². The fourth-order valence-electron chi connectivity index (χ4n) is 1.95. The maximum Gasteiger partial charge on any atom is 0.346 e. The second kappa shape index (κ2) is 7.03. The average molecular weight is 297 g/mol. The highest BCUT2D eigenvalue weighted by atomic mass is 19.1. The summed E-state index contributed by atoms with van der Waals surface area (Å²) in [5.74, 6) is -1.79. The first-order valence-corrected chi connectivity index (χ1v) is 6.60. The Morgan fingerprint density at radius 3 is 2.71 bits per heavy atom. The number of carbonyl (C=O) groups excluding carboxylic acids is 1. The van der Waals surface area contributed by atoms with Crippen molar-refractivity contribution in [2.45, 2.75) is 25.0 Å². The van der Waals surface area contributed by atoms with E-state index in [9.17, 15) is 14.0 Å². The summed E-state index contributed by atoms with van der Waals surface area (Å²) < 4.78 is 23.2. The number of hydrogen-bond acceptors (Lipinski definition) is 4. The van der Waals surface area contributed by atoms with Gasteiger partial charge in [-0.3, -0.25) is 4.79 Å². The SMILES string of the molecule is O=C(O)C(CNC(=O)C1CCCO1)Oc1ccc(F)cc1. The molecule has 0 aromatic heterocycles. The Morgan fingerprint density at radius 2 is 2.14 bits per heavy atom. The molecule has 0 spiro atoms. The summed E-state index contributed by atoms with van der Waals surface area (Å²) in [5.41, 5.74) is 0. The lowest BCUT2D eigenvalue weighted by atomic mass is 10.2. The zero-order valence-corrected chi connectivity index (χ0v) is 11.3. The molecule has 1 heterocycles. The van der Waals surface area contributed by atoms with Crippen molar-refractivity contribution in [1.82, 2.24) is 5.32 Å². The van der Waals surface area contributed by atoms with E-state index in [4.69, 9.17) is 14.6 Å². The zero-order chi connectivity index (χ0) is 15.2. The van der Waals surface area contributed by atoms with Crippen LogP contribution in [0.15, 0.2) is 24.3 Å². The second-order valence-electron chi connectivity index (χ2n) is 4.65. The molecule has 21 heavy (non-hydrogen) atoms. The lowest BCUT2D eigenvalue weighted by Crippen LogP contribution is -2.43. The van der Waals surface area contributed by atoms with Crippen LogP contribution in [0.2, 0.25) is 0 Å². The van der Waals surface area contributed by atoms with Crippen LogP contribution in [0, 0.1) is 5.82 Å². The molecule has 7 heteroatoms. The number of ether oxygens (including phenoxy) is 2. The van der Waals surface area contributed by atoms with Crippen LogP contribution in [-0.2, 0) is 14.3 Å². The third kappa shape index (κ3) is 4.42. The van der Waals surface area contributed by atoms with Crippen molar-refractivity contribution in [2.75, 3.05) is 13.2 Å². The third-order valence-corrected chi connectivity index (χ3v) is 3.05. The first-order chi connectivity index (χ1) is 10.1. The van der Waals surface area contributed by atoms with Crippen molar-refractivity contribution >= 4 is 11.9 Å². The molecule has 1 fully saturated rings. The number of amides is 1. The Bertz CT molecular complexity index is 499. The molecule has 1 aromatic rings. The Kier molecular flexibility index (Phi) is 5.10. The zero-order valence-electron chi connectivity index (χ0n) is 11.3.